The molecule has 2 rings (SSSR count). The highest BCUT2D eigenvalue weighted by Gasteiger charge is 2.03. The maximum absolute atomic E-state index is 4.29. The minimum atomic E-state index is 0.776. The van der Waals surface area contributed by atoms with E-state index in [2.05, 4.69) is 34.2 Å². The van der Waals surface area contributed by atoms with Crippen LogP contribution in [0.2, 0.25) is 0 Å². The Balaban J connectivity index is 2.41. The van der Waals surface area contributed by atoms with Crippen molar-refractivity contribution < 1.29 is 0 Å². The number of hydrogen-bond acceptors (Lipinski definition) is 2. The highest BCUT2D eigenvalue weighted by Crippen LogP contribution is 2.16. The van der Waals surface area contributed by atoms with Gasteiger partial charge in [0.05, 0.1) is 0 Å². The molecule has 0 aliphatic rings. The quantitative estimate of drug-likeness (QED) is 0.784. The van der Waals surface area contributed by atoms with E-state index in [4.69, 9.17) is 0 Å². The van der Waals surface area contributed by atoms with E-state index in [1.165, 1.54) is 5.56 Å². The predicted octanol–water partition coefficient (Wildman–Crippen LogP) is 2.34. The zero-order valence-corrected chi connectivity index (χ0v) is 8.41. The van der Waals surface area contributed by atoms with Gasteiger partial charge in [-0.15, -0.1) is 0 Å². The Morgan fingerprint density at radius 2 is 2.21 bits per heavy atom. The van der Waals surface area contributed by atoms with Crippen molar-refractivity contribution in [1.82, 2.24) is 15.2 Å². The molecule has 0 radical (unpaired) electrons. The SMILES string of the molecule is CCc1cccc(-c2n[nH]c(C)n2)c1. The number of benzene rings is 1. The maximum atomic E-state index is 4.29. The molecule has 0 fully saturated rings. The summed E-state index contributed by atoms with van der Waals surface area (Å²) in [6.07, 6.45) is 1.04. The van der Waals surface area contributed by atoms with Gasteiger partial charge in [0.25, 0.3) is 0 Å². The Morgan fingerprint density at radius 1 is 1.36 bits per heavy atom. The van der Waals surface area contributed by atoms with Crippen LogP contribution in [0.4, 0.5) is 0 Å². The minimum absolute atomic E-state index is 0.776. The number of hydrogen-bond donors (Lipinski definition) is 1. The highest BCUT2D eigenvalue weighted by atomic mass is 15.2. The summed E-state index contributed by atoms with van der Waals surface area (Å²) in [6, 6.07) is 8.31. The highest BCUT2D eigenvalue weighted by molar-refractivity contribution is 5.55. The normalized spacial score (nSPS) is 10.4. The molecule has 3 nitrogen and oxygen atoms in total. The lowest BCUT2D eigenvalue weighted by molar-refractivity contribution is 1.04. The Bertz CT molecular complexity index is 432. The molecule has 1 aromatic heterocycles. The average Bonchev–Trinajstić information content (AvgIpc) is 2.65. The largest absolute Gasteiger partial charge is 0.263 e. The third-order valence-electron chi connectivity index (χ3n) is 2.19. The summed E-state index contributed by atoms with van der Waals surface area (Å²) < 4.78 is 0. The first kappa shape index (κ1) is 8.94. The molecule has 2 aromatic rings. The molecule has 0 bridgehead atoms. The van der Waals surface area contributed by atoms with E-state index in [0.29, 0.717) is 0 Å². The summed E-state index contributed by atoms with van der Waals surface area (Å²) in [7, 11) is 0. The Morgan fingerprint density at radius 3 is 2.86 bits per heavy atom. The molecule has 0 atom stereocenters. The van der Waals surface area contributed by atoms with Gasteiger partial charge in [0.1, 0.15) is 5.82 Å². The Labute approximate surface area is 83.2 Å². The summed E-state index contributed by atoms with van der Waals surface area (Å²) in [5.41, 5.74) is 2.39. The molecular weight excluding hydrogens is 174 g/mol. The van der Waals surface area contributed by atoms with E-state index < -0.39 is 0 Å². The van der Waals surface area contributed by atoms with Crippen LogP contribution in [0.15, 0.2) is 24.3 Å². The van der Waals surface area contributed by atoms with Gasteiger partial charge in [-0.1, -0.05) is 25.1 Å². The molecule has 0 aliphatic carbocycles. The fourth-order valence-electron chi connectivity index (χ4n) is 1.40. The van der Waals surface area contributed by atoms with Crippen molar-refractivity contribution in [3.8, 4) is 11.4 Å². The van der Waals surface area contributed by atoms with Crippen LogP contribution in [-0.4, -0.2) is 15.2 Å². The van der Waals surface area contributed by atoms with Crippen LogP contribution in [0.25, 0.3) is 11.4 Å². The van der Waals surface area contributed by atoms with Crippen molar-refractivity contribution in [2.24, 2.45) is 0 Å². The number of aromatic nitrogens is 3. The van der Waals surface area contributed by atoms with Crippen LogP contribution in [0, 0.1) is 6.92 Å². The molecule has 0 amide bonds. The molecule has 1 heterocycles. The number of aromatic amines is 1. The van der Waals surface area contributed by atoms with Crippen molar-refractivity contribution in [3.05, 3.63) is 35.7 Å². The van der Waals surface area contributed by atoms with Gasteiger partial charge < -0.3 is 0 Å². The summed E-state index contributed by atoms with van der Waals surface area (Å²) >= 11 is 0. The molecule has 1 aromatic carbocycles. The fraction of sp³-hybridized carbons (Fsp3) is 0.273. The van der Waals surface area contributed by atoms with E-state index in [1.807, 2.05) is 19.1 Å². The third kappa shape index (κ3) is 1.66. The van der Waals surface area contributed by atoms with Crippen LogP contribution in [0.5, 0.6) is 0 Å². The monoisotopic (exact) mass is 187 g/mol. The lowest BCUT2D eigenvalue weighted by Crippen LogP contribution is -1.84. The van der Waals surface area contributed by atoms with Crippen LogP contribution in [0.1, 0.15) is 18.3 Å². The second kappa shape index (κ2) is 3.62. The first-order valence-electron chi connectivity index (χ1n) is 4.78. The van der Waals surface area contributed by atoms with Crippen LogP contribution >= 0.6 is 0 Å². The summed E-state index contributed by atoms with van der Waals surface area (Å²) in [6.45, 7) is 4.04. The van der Waals surface area contributed by atoms with E-state index in [9.17, 15) is 0 Å². The fourth-order valence-corrected chi connectivity index (χ4v) is 1.40. The van der Waals surface area contributed by atoms with Crippen molar-refractivity contribution in [2.45, 2.75) is 20.3 Å². The van der Waals surface area contributed by atoms with Crippen LogP contribution in [0.3, 0.4) is 0 Å². The van der Waals surface area contributed by atoms with Gasteiger partial charge in [-0.2, -0.15) is 5.10 Å². The minimum Gasteiger partial charge on any atom is -0.263 e. The number of aryl methyl sites for hydroxylation is 2. The van der Waals surface area contributed by atoms with Crippen molar-refractivity contribution in [2.75, 3.05) is 0 Å². The van der Waals surface area contributed by atoms with Gasteiger partial charge in [0.2, 0.25) is 0 Å². The Hall–Kier alpha value is -1.64. The average molecular weight is 187 g/mol. The summed E-state index contributed by atoms with van der Waals surface area (Å²) in [5.74, 6) is 1.62. The van der Waals surface area contributed by atoms with Gasteiger partial charge >= 0.3 is 0 Å². The van der Waals surface area contributed by atoms with E-state index in [1.54, 1.807) is 0 Å². The number of nitrogens with zero attached hydrogens (tertiary/aromatic N) is 2. The maximum Gasteiger partial charge on any atom is 0.181 e. The second-order valence-corrected chi connectivity index (χ2v) is 3.30. The molecule has 1 N–H and O–H groups in total. The van der Waals surface area contributed by atoms with E-state index in [-0.39, 0.29) is 0 Å². The summed E-state index contributed by atoms with van der Waals surface area (Å²) in [4.78, 5) is 4.29. The number of nitrogens with one attached hydrogen (secondary N) is 1. The van der Waals surface area contributed by atoms with Gasteiger partial charge in [-0.3, -0.25) is 5.10 Å². The van der Waals surface area contributed by atoms with E-state index >= 15 is 0 Å². The predicted molar refractivity (Wildman–Crippen MR) is 55.9 cm³/mol. The molecule has 0 saturated carbocycles. The molecule has 0 aliphatic heterocycles. The zero-order chi connectivity index (χ0) is 9.97. The third-order valence-corrected chi connectivity index (χ3v) is 2.19. The molecular formula is C11H13N3. The zero-order valence-electron chi connectivity index (χ0n) is 8.41. The van der Waals surface area contributed by atoms with E-state index in [0.717, 1.165) is 23.6 Å². The smallest absolute Gasteiger partial charge is 0.181 e. The second-order valence-electron chi connectivity index (χ2n) is 3.30. The lowest BCUT2D eigenvalue weighted by atomic mass is 10.1. The molecule has 3 heteroatoms. The molecule has 0 unspecified atom stereocenters. The Kier molecular flexibility index (Phi) is 2.31. The van der Waals surface area contributed by atoms with Gasteiger partial charge in [0, 0.05) is 5.56 Å². The molecule has 0 saturated heterocycles. The van der Waals surface area contributed by atoms with Crippen molar-refractivity contribution >= 4 is 0 Å². The first-order valence-corrected chi connectivity index (χ1v) is 4.78. The first-order chi connectivity index (χ1) is 6.79. The lowest BCUT2D eigenvalue weighted by Gasteiger charge is -1.98. The number of rotatable bonds is 2. The van der Waals surface area contributed by atoms with Crippen molar-refractivity contribution in [1.29, 1.82) is 0 Å². The van der Waals surface area contributed by atoms with Gasteiger partial charge in [-0.25, -0.2) is 4.98 Å². The van der Waals surface area contributed by atoms with Gasteiger partial charge in [-0.05, 0) is 25.0 Å². The molecule has 0 spiro atoms. The standard InChI is InChI=1S/C11H13N3/c1-3-9-5-4-6-10(7-9)11-12-8(2)13-14-11/h4-7H,3H2,1-2H3,(H,12,13,14). The molecule has 14 heavy (non-hydrogen) atoms. The summed E-state index contributed by atoms with van der Waals surface area (Å²) in [5, 5.41) is 6.97. The molecule has 72 valence electrons. The van der Waals surface area contributed by atoms with Crippen LogP contribution < -0.4 is 0 Å². The van der Waals surface area contributed by atoms with Crippen molar-refractivity contribution in [3.63, 3.8) is 0 Å². The van der Waals surface area contributed by atoms with Gasteiger partial charge in [0.15, 0.2) is 5.82 Å². The number of H-pyrrole nitrogens is 1. The van der Waals surface area contributed by atoms with Crippen LogP contribution in [-0.2, 0) is 6.42 Å². The topological polar surface area (TPSA) is 41.6 Å².